The largest absolute Gasteiger partial charge is 0.383 e. The lowest BCUT2D eigenvalue weighted by Gasteiger charge is -2.10. The Bertz CT molecular complexity index is 1450. The van der Waals surface area contributed by atoms with E-state index in [0.717, 1.165) is 35.0 Å². The summed E-state index contributed by atoms with van der Waals surface area (Å²) < 4.78 is 6.97. The average molecular weight is 456 g/mol. The van der Waals surface area contributed by atoms with Gasteiger partial charge in [-0.25, -0.2) is 15.0 Å². The van der Waals surface area contributed by atoms with Crippen LogP contribution in [0, 0.1) is 11.8 Å². The van der Waals surface area contributed by atoms with Gasteiger partial charge < -0.3 is 25.3 Å². The molecule has 9 nitrogen and oxygen atoms in total. The fourth-order valence-electron chi connectivity index (χ4n) is 4.00. The summed E-state index contributed by atoms with van der Waals surface area (Å²) in [5.74, 6) is 6.77. The fraction of sp³-hybridized carbons (Fsp3) is 0.280. The number of carbonyl (C=O) groups excluding carboxylic acids is 1. The number of H-pyrrole nitrogens is 1. The van der Waals surface area contributed by atoms with Crippen LogP contribution in [-0.2, 0) is 23.8 Å². The van der Waals surface area contributed by atoms with Crippen LogP contribution in [0.1, 0.15) is 53.0 Å². The summed E-state index contributed by atoms with van der Waals surface area (Å²) in [4.78, 5) is 29.2. The number of nitrogens with one attached hydrogen (secondary N) is 2. The van der Waals surface area contributed by atoms with Crippen molar-refractivity contribution in [2.45, 2.75) is 31.8 Å². The van der Waals surface area contributed by atoms with E-state index in [1.807, 2.05) is 29.9 Å². The number of hydrogen-bond donors (Lipinski definition) is 3. The van der Waals surface area contributed by atoms with Gasteiger partial charge in [0.05, 0.1) is 17.7 Å². The highest BCUT2D eigenvalue weighted by atomic mass is 16.5. The lowest BCUT2D eigenvalue weighted by Crippen LogP contribution is -2.17. The van der Waals surface area contributed by atoms with E-state index in [9.17, 15) is 4.79 Å². The molecule has 1 fully saturated rings. The zero-order valence-electron chi connectivity index (χ0n) is 19.3. The lowest BCUT2D eigenvalue weighted by atomic mass is 9.95. The molecule has 0 unspecified atom stereocenters. The van der Waals surface area contributed by atoms with Crippen molar-refractivity contribution in [2.75, 3.05) is 18.2 Å². The number of rotatable bonds is 5. The third-order valence-electron chi connectivity index (χ3n) is 6.13. The van der Waals surface area contributed by atoms with Gasteiger partial charge >= 0.3 is 0 Å². The van der Waals surface area contributed by atoms with Crippen LogP contribution in [0.4, 0.5) is 11.5 Å². The monoisotopic (exact) mass is 455 g/mol. The summed E-state index contributed by atoms with van der Waals surface area (Å²) >= 11 is 0. The van der Waals surface area contributed by atoms with Crippen LogP contribution in [0.25, 0.3) is 11.0 Å². The average Bonchev–Trinajstić information content (AvgIpc) is 3.24. The first-order chi connectivity index (χ1) is 16.4. The number of methoxy groups -OCH3 is 1. The van der Waals surface area contributed by atoms with Gasteiger partial charge in [-0.3, -0.25) is 4.79 Å². The Morgan fingerprint density at radius 3 is 2.68 bits per heavy atom. The van der Waals surface area contributed by atoms with Gasteiger partial charge in [0.2, 0.25) is 5.82 Å². The number of aromatic amines is 1. The molecule has 0 bridgehead atoms. The third-order valence-corrected chi connectivity index (χ3v) is 6.13. The molecule has 0 atom stereocenters. The van der Waals surface area contributed by atoms with E-state index < -0.39 is 5.91 Å². The van der Waals surface area contributed by atoms with Crippen molar-refractivity contribution in [3.05, 3.63) is 65.1 Å². The number of nitrogens with zero attached hydrogens (tertiary/aromatic N) is 4. The Morgan fingerprint density at radius 2 is 2.03 bits per heavy atom. The van der Waals surface area contributed by atoms with Gasteiger partial charge in [-0.1, -0.05) is 19.1 Å². The van der Waals surface area contributed by atoms with E-state index in [4.69, 9.17) is 10.5 Å². The van der Waals surface area contributed by atoms with E-state index in [-0.39, 0.29) is 17.1 Å². The summed E-state index contributed by atoms with van der Waals surface area (Å²) in [7, 11) is 3.53. The van der Waals surface area contributed by atoms with Crippen LogP contribution in [0.2, 0.25) is 0 Å². The number of carbonyl (C=O) groups is 1. The van der Waals surface area contributed by atoms with Gasteiger partial charge in [0.15, 0.2) is 5.82 Å². The number of nitrogens with two attached hydrogens (primary N) is 1. The Kier molecular flexibility index (Phi) is 5.30. The first-order valence-corrected chi connectivity index (χ1v) is 11.0. The second kappa shape index (κ2) is 8.32. The number of nitrogen functional groups attached to an aromatic ring is 1. The molecule has 0 radical (unpaired) electrons. The van der Waals surface area contributed by atoms with E-state index in [0.29, 0.717) is 23.8 Å². The van der Waals surface area contributed by atoms with Gasteiger partial charge in [0.25, 0.3) is 5.91 Å². The summed E-state index contributed by atoms with van der Waals surface area (Å²) in [5, 5.41) is 3.55. The lowest BCUT2D eigenvalue weighted by molar-refractivity contribution is 0.101. The summed E-state index contributed by atoms with van der Waals surface area (Å²) in [6.45, 7) is 2.68. The smallest absolute Gasteiger partial charge is 0.293 e. The molecule has 0 spiro atoms. The zero-order valence-corrected chi connectivity index (χ0v) is 19.3. The molecule has 0 aliphatic heterocycles. The molecule has 1 aliphatic rings. The molecular weight excluding hydrogens is 430 g/mol. The Morgan fingerprint density at radius 1 is 1.26 bits per heavy atom. The summed E-state index contributed by atoms with van der Waals surface area (Å²) in [6, 6.07) is 7.38. The standard InChI is InChI=1S/C25H25N7O2/c1-25(10-11-25)20-17(8-9-18-27-12-13-32(18)2)29-22-19(20)21(26)30-23(31-22)24(33)28-16-6-4-15(5-7-16)14-34-3/h4-7,12-13H,10-11,14H2,1-3H3,(H,28,33)(H3,26,29,30,31). The highest BCUT2D eigenvalue weighted by Crippen LogP contribution is 2.51. The second-order valence-corrected chi connectivity index (χ2v) is 8.79. The van der Waals surface area contributed by atoms with Crippen LogP contribution in [-0.4, -0.2) is 37.5 Å². The molecule has 4 N–H and O–H groups in total. The van der Waals surface area contributed by atoms with E-state index in [1.165, 1.54) is 0 Å². The third kappa shape index (κ3) is 4.00. The quantitative estimate of drug-likeness (QED) is 0.397. The van der Waals surface area contributed by atoms with Crippen molar-refractivity contribution >= 4 is 28.4 Å². The number of hydrogen-bond acceptors (Lipinski definition) is 6. The van der Waals surface area contributed by atoms with Crippen molar-refractivity contribution in [2.24, 2.45) is 7.05 Å². The van der Waals surface area contributed by atoms with Crippen LogP contribution in [0.5, 0.6) is 0 Å². The molecular formula is C25H25N7O2. The maximum Gasteiger partial charge on any atom is 0.293 e. The predicted octanol–water partition coefficient (Wildman–Crippen LogP) is 3.12. The number of ether oxygens (including phenoxy) is 1. The van der Waals surface area contributed by atoms with E-state index in [1.54, 1.807) is 25.4 Å². The highest BCUT2D eigenvalue weighted by molar-refractivity contribution is 6.04. The number of imidazole rings is 1. The van der Waals surface area contributed by atoms with Crippen molar-refractivity contribution in [3.63, 3.8) is 0 Å². The Labute approximate surface area is 196 Å². The molecule has 1 saturated carbocycles. The van der Waals surface area contributed by atoms with Crippen LogP contribution < -0.4 is 11.1 Å². The van der Waals surface area contributed by atoms with Crippen molar-refractivity contribution < 1.29 is 9.53 Å². The predicted molar refractivity (Wildman–Crippen MR) is 129 cm³/mol. The fourth-order valence-corrected chi connectivity index (χ4v) is 4.00. The number of aryl methyl sites for hydroxylation is 1. The molecule has 0 saturated heterocycles. The maximum absolute atomic E-state index is 12.9. The van der Waals surface area contributed by atoms with Crippen molar-refractivity contribution in [1.29, 1.82) is 0 Å². The van der Waals surface area contributed by atoms with Gasteiger partial charge in [0, 0.05) is 37.8 Å². The molecule has 3 heterocycles. The number of benzene rings is 1. The van der Waals surface area contributed by atoms with Crippen molar-refractivity contribution in [1.82, 2.24) is 24.5 Å². The van der Waals surface area contributed by atoms with Gasteiger partial charge in [-0.15, -0.1) is 0 Å². The maximum atomic E-state index is 12.9. The normalized spacial score (nSPS) is 14.0. The number of amides is 1. The summed E-state index contributed by atoms with van der Waals surface area (Å²) in [6.07, 6.45) is 5.60. The minimum absolute atomic E-state index is 0.0108. The first-order valence-electron chi connectivity index (χ1n) is 11.0. The molecule has 9 heteroatoms. The highest BCUT2D eigenvalue weighted by Gasteiger charge is 2.43. The number of anilines is 2. The van der Waals surface area contributed by atoms with E-state index in [2.05, 4.69) is 44.0 Å². The molecule has 3 aromatic heterocycles. The van der Waals surface area contributed by atoms with E-state index >= 15 is 0 Å². The molecule has 172 valence electrons. The minimum atomic E-state index is -0.442. The SMILES string of the molecule is COCc1ccc(NC(=O)c2nc(N)c3c(C4(C)CC4)c(C#Cc4nccn4C)[nH]c3n2)cc1. The van der Waals surface area contributed by atoms with Crippen LogP contribution in [0.15, 0.2) is 36.7 Å². The topological polar surface area (TPSA) is 124 Å². The molecule has 5 rings (SSSR count). The number of fused-ring (bicyclic) bond motifs is 1. The molecule has 4 aromatic rings. The molecule has 1 aliphatic carbocycles. The zero-order chi connectivity index (χ0) is 23.9. The summed E-state index contributed by atoms with van der Waals surface area (Å²) in [5.41, 5.74) is 10.2. The van der Waals surface area contributed by atoms with Gasteiger partial charge in [-0.2, -0.15) is 0 Å². The molecule has 34 heavy (non-hydrogen) atoms. The van der Waals surface area contributed by atoms with Crippen LogP contribution in [0.3, 0.4) is 0 Å². The van der Waals surface area contributed by atoms with Crippen LogP contribution >= 0.6 is 0 Å². The number of aromatic nitrogens is 5. The van der Waals surface area contributed by atoms with Crippen molar-refractivity contribution in [3.8, 4) is 11.8 Å². The Hall–Kier alpha value is -4.16. The first kappa shape index (κ1) is 21.7. The Balaban J connectivity index is 1.50. The minimum Gasteiger partial charge on any atom is -0.383 e. The van der Waals surface area contributed by atoms with Gasteiger partial charge in [-0.05, 0) is 47.8 Å². The van der Waals surface area contributed by atoms with Gasteiger partial charge in [0.1, 0.15) is 11.5 Å². The second-order valence-electron chi connectivity index (χ2n) is 8.79. The molecule has 1 amide bonds. The molecule has 1 aromatic carbocycles.